The van der Waals surface area contributed by atoms with Crippen molar-refractivity contribution in [2.45, 2.75) is 13.0 Å². The molecule has 1 aromatic rings. The molecule has 0 aliphatic carbocycles. The molecular formula is C11H15N3O3. The maximum Gasteiger partial charge on any atom is 0.323 e. The maximum atomic E-state index is 11.6. The molecule has 0 bridgehead atoms. The first-order chi connectivity index (χ1) is 8.00. The van der Waals surface area contributed by atoms with Crippen molar-refractivity contribution in [2.75, 3.05) is 13.6 Å². The Hall–Kier alpha value is -2.11. The number of nitrogens with zero attached hydrogens (tertiary/aromatic N) is 2. The molecule has 6 heteroatoms. The Labute approximate surface area is 99.3 Å². The largest absolute Gasteiger partial charge is 0.480 e. The second-order valence-corrected chi connectivity index (χ2v) is 3.68. The molecule has 1 heterocycles. The number of rotatable bonds is 4. The highest BCUT2D eigenvalue weighted by atomic mass is 16.4. The minimum atomic E-state index is -1.05. The van der Waals surface area contributed by atoms with E-state index in [1.165, 1.54) is 7.05 Å². The Kier molecular flexibility index (Phi) is 4.45. The first-order valence-corrected chi connectivity index (χ1v) is 5.15. The molecule has 1 atom stereocenters. The second kappa shape index (κ2) is 5.83. The van der Waals surface area contributed by atoms with Gasteiger partial charge in [-0.15, -0.1) is 0 Å². The fraction of sp³-hybridized carbons (Fsp3) is 0.364. The number of carbonyl (C=O) groups excluding carboxylic acids is 1. The summed E-state index contributed by atoms with van der Waals surface area (Å²) < 4.78 is 0. The van der Waals surface area contributed by atoms with Crippen LogP contribution in [0.15, 0.2) is 24.4 Å². The lowest BCUT2D eigenvalue weighted by atomic mass is 10.2. The van der Waals surface area contributed by atoms with Crippen molar-refractivity contribution in [1.29, 1.82) is 0 Å². The molecule has 2 amide bonds. The lowest BCUT2D eigenvalue weighted by molar-refractivity contribution is -0.137. The van der Waals surface area contributed by atoms with Gasteiger partial charge in [-0.25, -0.2) is 4.79 Å². The number of aliphatic carboxylic acids is 1. The van der Waals surface area contributed by atoms with Gasteiger partial charge in [0.05, 0.1) is 11.7 Å². The number of nitrogens with one attached hydrogen (secondary N) is 1. The van der Waals surface area contributed by atoms with E-state index in [-0.39, 0.29) is 12.6 Å². The molecule has 0 aromatic carbocycles. The number of likely N-dealkylation sites (N-methyl/N-ethyl adjacent to an activating group) is 1. The van der Waals surface area contributed by atoms with Crippen molar-refractivity contribution in [3.8, 4) is 0 Å². The smallest absolute Gasteiger partial charge is 0.323 e. The number of hydrogen-bond donors (Lipinski definition) is 2. The molecule has 1 rings (SSSR count). The lowest BCUT2D eigenvalue weighted by Gasteiger charge is -2.19. The van der Waals surface area contributed by atoms with Gasteiger partial charge in [0, 0.05) is 13.2 Å². The molecule has 0 radical (unpaired) electrons. The molecule has 0 fully saturated rings. The van der Waals surface area contributed by atoms with Gasteiger partial charge in [0.15, 0.2) is 0 Å². The van der Waals surface area contributed by atoms with E-state index in [0.29, 0.717) is 0 Å². The molecule has 1 aromatic heterocycles. The predicted molar refractivity (Wildman–Crippen MR) is 61.4 cm³/mol. The molecule has 6 nitrogen and oxygen atoms in total. The zero-order valence-electron chi connectivity index (χ0n) is 9.75. The van der Waals surface area contributed by atoms with E-state index in [2.05, 4.69) is 10.3 Å². The van der Waals surface area contributed by atoms with E-state index in [1.54, 1.807) is 25.3 Å². The molecule has 92 valence electrons. The second-order valence-electron chi connectivity index (χ2n) is 3.68. The number of pyridine rings is 1. The average Bonchev–Trinajstić information content (AvgIpc) is 2.29. The van der Waals surface area contributed by atoms with Crippen molar-refractivity contribution >= 4 is 12.0 Å². The Bertz CT molecular complexity index is 394. The predicted octanol–water partition coefficient (Wildman–Crippen LogP) is 0.869. The van der Waals surface area contributed by atoms with Crippen LogP contribution < -0.4 is 5.32 Å². The lowest BCUT2D eigenvalue weighted by Crippen LogP contribution is -2.41. The Morgan fingerprint density at radius 1 is 1.53 bits per heavy atom. The van der Waals surface area contributed by atoms with E-state index < -0.39 is 12.0 Å². The van der Waals surface area contributed by atoms with Gasteiger partial charge in [-0.1, -0.05) is 6.07 Å². The van der Waals surface area contributed by atoms with Crippen molar-refractivity contribution in [2.24, 2.45) is 0 Å². The summed E-state index contributed by atoms with van der Waals surface area (Å²) in [5.41, 5.74) is 0.726. The third kappa shape index (κ3) is 4.10. The topological polar surface area (TPSA) is 82.5 Å². The van der Waals surface area contributed by atoms with Crippen LogP contribution in [0.1, 0.15) is 18.7 Å². The third-order valence-corrected chi connectivity index (χ3v) is 2.19. The number of carboxylic acid groups (broad SMARTS) is 1. The van der Waals surface area contributed by atoms with Crippen molar-refractivity contribution in [3.63, 3.8) is 0 Å². The molecule has 0 aliphatic rings. The van der Waals surface area contributed by atoms with Gasteiger partial charge in [-0.2, -0.15) is 0 Å². The molecule has 0 aliphatic heterocycles. The fourth-order valence-corrected chi connectivity index (χ4v) is 1.28. The summed E-state index contributed by atoms with van der Waals surface area (Å²) in [6.45, 7) is 1.45. The number of carbonyl (C=O) groups is 2. The van der Waals surface area contributed by atoms with Crippen molar-refractivity contribution in [1.82, 2.24) is 15.2 Å². The van der Waals surface area contributed by atoms with Crippen LogP contribution in [-0.2, 0) is 4.79 Å². The minimum Gasteiger partial charge on any atom is -0.480 e. The fourth-order valence-electron chi connectivity index (χ4n) is 1.28. The number of carboxylic acids is 1. The summed E-state index contributed by atoms with van der Waals surface area (Å²) in [4.78, 5) is 27.2. The first kappa shape index (κ1) is 13.0. The minimum absolute atomic E-state index is 0.264. The number of amides is 2. The van der Waals surface area contributed by atoms with Crippen molar-refractivity contribution < 1.29 is 14.7 Å². The van der Waals surface area contributed by atoms with Crippen LogP contribution in [0.3, 0.4) is 0 Å². The van der Waals surface area contributed by atoms with Crippen LogP contribution in [0.4, 0.5) is 4.79 Å². The molecular weight excluding hydrogens is 222 g/mol. The Morgan fingerprint density at radius 2 is 2.24 bits per heavy atom. The highest BCUT2D eigenvalue weighted by molar-refractivity contribution is 5.80. The monoisotopic (exact) mass is 237 g/mol. The van der Waals surface area contributed by atoms with E-state index in [0.717, 1.165) is 10.6 Å². The van der Waals surface area contributed by atoms with Gasteiger partial charge in [0.1, 0.15) is 6.54 Å². The van der Waals surface area contributed by atoms with Gasteiger partial charge >= 0.3 is 12.0 Å². The quantitative estimate of drug-likeness (QED) is 0.814. The van der Waals surface area contributed by atoms with Crippen LogP contribution in [0, 0.1) is 0 Å². The zero-order chi connectivity index (χ0) is 12.8. The van der Waals surface area contributed by atoms with E-state index in [9.17, 15) is 9.59 Å². The van der Waals surface area contributed by atoms with Crippen LogP contribution in [0.25, 0.3) is 0 Å². The average molecular weight is 237 g/mol. The number of hydrogen-bond acceptors (Lipinski definition) is 3. The van der Waals surface area contributed by atoms with E-state index in [1.807, 2.05) is 6.07 Å². The normalized spacial score (nSPS) is 11.6. The SMILES string of the molecule is CC(NC(=O)N(C)CC(=O)O)c1ccccn1. The van der Waals surface area contributed by atoms with Crippen LogP contribution in [-0.4, -0.2) is 40.6 Å². The summed E-state index contributed by atoms with van der Waals surface area (Å²) in [6, 6.07) is 4.70. The van der Waals surface area contributed by atoms with Gasteiger partial charge in [-0.05, 0) is 19.1 Å². The molecule has 1 unspecified atom stereocenters. The maximum absolute atomic E-state index is 11.6. The van der Waals surface area contributed by atoms with Gasteiger partial charge in [0.25, 0.3) is 0 Å². The highest BCUT2D eigenvalue weighted by Gasteiger charge is 2.15. The van der Waals surface area contributed by atoms with Crippen LogP contribution >= 0.6 is 0 Å². The Morgan fingerprint density at radius 3 is 2.76 bits per heavy atom. The molecule has 0 spiro atoms. The van der Waals surface area contributed by atoms with Crippen LogP contribution in [0.5, 0.6) is 0 Å². The standard InChI is InChI=1S/C11H15N3O3/c1-8(9-5-3-4-6-12-9)13-11(17)14(2)7-10(15)16/h3-6,8H,7H2,1-2H3,(H,13,17)(H,15,16). The van der Waals surface area contributed by atoms with Gasteiger partial charge in [0.2, 0.25) is 0 Å². The zero-order valence-corrected chi connectivity index (χ0v) is 9.75. The molecule has 0 saturated heterocycles. The Balaban J connectivity index is 2.54. The number of aromatic nitrogens is 1. The summed E-state index contributed by atoms with van der Waals surface area (Å²) >= 11 is 0. The third-order valence-electron chi connectivity index (χ3n) is 2.19. The molecule has 2 N–H and O–H groups in total. The number of urea groups is 1. The summed E-state index contributed by atoms with van der Waals surface area (Å²) in [5, 5.41) is 11.2. The van der Waals surface area contributed by atoms with E-state index in [4.69, 9.17) is 5.11 Å². The van der Waals surface area contributed by atoms with Gasteiger partial charge in [-0.3, -0.25) is 9.78 Å². The van der Waals surface area contributed by atoms with Crippen LogP contribution in [0.2, 0.25) is 0 Å². The van der Waals surface area contributed by atoms with Gasteiger partial charge < -0.3 is 15.3 Å². The highest BCUT2D eigenvalue weighted by Crippen LogP contribution is 2.07. The summed E-state index contributed by atoms with van der Waals surface area (Å²) in [5.74, 6) is -1.05. The molecule has 0 saturated carbocycles. The van der Waals surface area contributed by atoms with Crippen molar-refractivity contribution in [3.05, 3.63) is 30.1 Å². The summed E-state index contributed by atoms with van der Waals surface area (Å²) in [7, 11) is 1.43. The first-order valence-electron chi connectivity index (χ1n) is 5.15. The van der Waals surface area contributed by atoms with E-state index >= 15 is 0 Å². The molecule has 17 heavy (non-hydrogen) atoms. The summed E-state index contributed by atoms with van der Waals surface area (Å²) in [6.07, 6.45) is 1.64.